The van der Waals surface area contributed by atoms with Crippen molar-refractivity contribution in [3.05, 3.63) is 0 Å². The molecular formula is C8H13N. The van der Waals surface area contributed by atoms with Gasteiger partial charge in [0.2, 0.25) is 0 Å². The second-order valence-corrected chi connectivity index (χ2v) is 3.18. The lowest BCUT2D eigenvalue weighted by Gasteiger charge is -2.22. The fraction of sp³-hybridized carbons (Fsp3) is 0.875. The van der Waals surface area contributed by atoms with Gasteiger partial charge in [0.15, 0.2) is 0 Å². The molecule has 50 valence electrons. The van der Waals surface area contributed by atoms with E-state index in [9.17, 15) is 0 Å². The molecule has 2 aliphatic rings. The first-order chi connectivity index (χ1) is 4.47. The van der Waals surface area contributed by atoms with Gasteiger partial charge in [-0.3, -0.25) is 4.99 Å². The molecule has 1 saturated carbocycles. The van der Waals surface area contributed by atoms with E-state index < -0.39 is 0 Å². The average molecular weight is 123 g/mol. The van der Waals surface area contributed by atoms with E-state index >= 15 is 0 Å². The lowest BCUT2D eigenvalue weighted by molar-refractivity contribution is 0.337. The van der Waals surface area contributed by atoms with Gasteiger partial charge in [-0.15, -0.1) is 0 Å². The van der Waals surface area contributed by atoms with Crippen LogP contribution in [-0.4, -0.2) is 12.3 Å². The molecule has 9 heavy (non-hydrogen) atoms. The number of hydrogen-bond donors (Lipinski definition) is 0. The molecule has 1 heteroatoms. The Hall–Kier alpha value is -0.330. The lowest BCUT2D eigenvalue weighted by atomic mass is 9.85. The van der Waals surface area contributed by atoms with Crippen LogP contribution in [0.25, 0.3) is 0 Å². The van der Waals surface area contributed by atoms with Crippen molar-refractivity contribution in [3.8, 4) is 0 Å². The summed E-state index contributed by atoms with van der Waals surface area (Å²) in [5, 5.41) is 0. The molecule has 1 fully saturated rings. The minimum absolute atomic E-state index is 0.735. The predicted octanol–water partition coefficient (Wildman–Crippen LogP) is 2.02. The molecule has 1 aliphatic carbocycles. The first-order valence-electron chi connectivity index (χ1n) is 3.98. The predicted molar refractivity (Wildman–Crippen MR) is 38.9 cm³/mol. The van der Waals surface area contributed by atoms with Crippen molar-refractivity contribution in [2.45, 2.75) is 38.1 Å². The van der Waals surface area contributed by atoms with Gasteiger partial charge in [0.25, 0.3) is 0 Å². The largest absolute Gasteiger partial charge is 0.294 e. The number of rotatable bonds is 0. The fourth-order valence-electron chi connectivity index (χ4n) is 1.99. The molecule has 0 unspecified atom stereocenters. The van der Waals surface area contributed by atoms with E-state index in [0.29, 0.717) is 0 Å². The minimum atomic E-state index is 0.735. The number of aliphatic imine (C=N–C) groups is 1. The summed E-state index contributed by atoms with van der Waals surface area (Å²) in [6.45, 7) is 0. The van der Waals surface area contributed by atoms with Crippen LogP contribution in [0.4, 0.5) is 0 Å². The normalized spacial score (nSPS) is 40.9. The molecule has 1 heterocycles. The molecule has 1 nitrogen and oxygen atoms in total. The van der Waals surface area contributed by atoms with Crippen LogP contribution in [0, 0.1) is 5.92 Å². The first kappa shape index (κ1) is 5.45. The molecular weight excluding hydrogens is 110 g/mol. The zero-order valence-corrected chi connectivity index (χ0v) is 5.71. The zero-order chi connectivity index (χ0) is 6.10. The molecule has 0 radical (unpaired) electrons. The van der Waals surface area contributed by atoms with E-state index in [1.54, 1.807) is 0 Å². The lowest BCUT2D eigenvalue weighted by Crippen LogP contribution is -2.18. The highest BCUT2D eigenvalue weighted by molar-refractivity contribution is 5.60. The molecule has 2 rings (SSSR count). The molecule has 0 aromatic carbocycles. The third-order valence-electron chi connectivity index (χ3n) is 2.57. The van der Waals surface area contributed by atoms with Crippen LogP contribution in [0.15, 0.2) is 4.99 Å². The van der Waals surface area contributed by atoms with Gasteiger partial charge >= 0.3 is 0 Å². The maximum absolute atomic E-state index is 4.43. The van der Waals surface area contributed by atoms with E-state index in [0.717, 1.165) is 12.0 Å². The molecule has 0 bridgehead atoms. The summed E-state index contributed by atoms with van der Waals surface area (Å²) in [5.41, 5.74) is 0. The van der Waals surface area contributed by atoms with E-state index in [1.165, 1.54) is 32.1 Å². The van der Waals surface area contributed by atoms with E-state index in [2.05, 4.69) is 11.2 Å². The molecule has 0 spiro atoms. The van der Waals surface area contributed by atoms with Crippen molar-refractivity contribution in [1.29, 1.82) is 0 Å². The fourth-order valence-corrected chi connectivity index (χ4v) is 1.99. The third kappa shape index (κ3) is 0.887. The van der Waals surface area contributed by atoms with E-state index in [4.69, 9.17) is 0 Å². The maximum Gasteiger partial charge on any atom is 0.0527 e. The summed E-state index contributed by atoms with van der Waals surface area (Å²) in [6, 6.07) is 0.735. The monoisotopic (exact) mass is 123 g/mol. The van der Waals surface area contributed by atoms with Crippen LogP contribution in [0.2, 0.25) is 0 Å². The van der Waals surface area contributed by atoms with Crippen LogP contribution in [0.5, 0.6) is 0 Å². The van der Waals surface area contributed by atoms with Gasteiger partial charge < -0.3 is 0 Å². The molecule has 0 aromatic heterocycles. The Morgan fingerprint density at radius 1 is 1.22 bits per heavy atom. The van der Waals surface area contributed by atoms with E-state index in [1.807, 2.05) is 0 Å². The van der Waals surface area contributed by atoms with Crippen molar-refractivity contribution < 1.29 is 0 Å². The van der Waals surface area contributed by atoms with Crippen LogP contribution < -0.4 is 0 Å². The number of nitrogens with zero attached hydrogens (tertiary/aromatic N) is 1. The van der Waals surface area contributed by atoms with Crippen LogP contribution >= 0.6 is 0 Å². The molecule has 2 atom stereocenters. The van der Waals surface area contributed by atoms with Crippen LogP contribution in [0.3, 0.4) is 0 Å². The second-order valence-electron chi connectivity index (χ2n) is 3.18. The third-order valence-corrected chi connectivity index (χ3v) is 2.57. The Labute approximate surface area is 56.2 Å². The summed E-state index contributed by atoms with van der Waals surface area (Å²) in [7, 11) is 0. The topological polar surface area (TPSA) is 12.4 Å². The van der Waals surface area contributed by atoms with Crippen molar-refractivity contribution in [3.63, 3.8) is 0 Å². The molecule has 1 aliphatic heterocycles. The molecule has 0 N–H and O–H groups in total. The van der Waals surface area contributed by atoms with Crippen molar-refractivity contribution in [1.82, 2.24) is 0 Å². The van der Waals surface area contributed by atoms with Gasteiger partial charge in [-0.05, 0) is 31.4 Å². The summed E-state index contributed by atoms with van der Waals surface area (Å²) < 4.78 is 0. The molecule has 0 amide bonds. The quantitative estimate of drug-likeness (QED) is 0.467. The SMILES string of the molecule is C1=N[C@H]2CCCC[C@@H]2C1. The number of fused-ring (bicyclic) bond motifs is 1. The molecule has 0 saturated heterocycles. The van der Waals surface area contributed by atoms with Gasteiger partial charge in [0.05, 0.1) is 6.04 Å². The van der Waals surface area contributed by atoms with Crippen molar-refractivity contribution in [2.24, 2.45) is 10.9 Å². The average Bonchev–Trinajstić information content (AvgIpc) is 2.33. The Balaban J connectivity index is 2.03. The number of hydrogen-bond acceptors (Lipinski definition) is 1. The summed E-state index contributed by atoms with van der Waals surface area (Å²) in [6.07, 6.45) is 9.06. The van der Waals surface area contributed by atoms with Gasteiger partial charge in [0.1, 0.15) is 0 Å². The van der Waals surface area contributed by atoms with Crippen LogP contribution in [-0.2, 0) is 0 Å². The summed E-state index contributed by atoms with van der Waals surface area (Å²) in [4.78, 5) is 4.43. The van der Waals surface area contributed by atoms with E-state index in [-0.39, 0.29) is 0 Å². The highest BCUT2D eigenvalue weighted by atomic mass is 14.8. The van der Waals surface area contributed by atoms with Gasteiger partial charge in [-0.1, -0.05) is 12.8 Å². The highest BCUT2D eigenvalue weighted by Gasteiger charge is 2.26. The first-order valence-corrected chi connectivity index (χ1v) is 3.98. The summed E-state index contributed by atoms with van der Waals surface area (Å²) in [5.74, 6) is 0.943. The highest BCUT2D eigenvalue weighted by Crippen LogP contribution is 2.31. The van der Waals surface area contributed by atoms with Crippen molar-refractivity contribution >= 4 is 6.21 Å². The summed E-state index contributed by atoms with van der Waals surface area (Å²) >= 11 is 0. The Morgan fingerprint density at radius 3 is 3.00 bits per heavy atom. The van der Waals surface area contributed by atoms with Gasteiger partial charge in [-0.2, -0.15) is 0 Å². The van der Waals surface area contributed by atoms with Crippen molar-refractivity contribution in [2.75, 3.05) is 0 Å². The van der Waals surface area contributed by atoms with Gasteiger partial charge in [0, 0.05) is 0 Å². The Morgan fingerprint density at radius 2 is 2.11 bits per heavy atom. The second kappa shape index (κ2) is 2.13. The maximum atomic E-state index is 4.43. The molecule has 0 aromatic rings. The Bertz CT molecular complexity index is 129. The van der Waals surface area contributed by atoms with Crippen LogP contribution in [0.1, 0.15) is 32.1 Å². The standard InChI is InChI=1S/C8H13N/c1-2-4-8-7(3-1)5-6-9-8/h6-8H,1-5H2/t7-,8+/m1/s1. The van der Waals surface area contributed by atoms with Gasteiger partial charge in [-0.25, -0.2) is 0 Å². The minimum Gasteiger partial charge on any atom is -0.294 e. The Kier molecular flexibility index (Phi) is 1.29. The smallest absolute Gasteiger partial charge is 0.0527 e. The zero-order valence-electron chi connectivity index (χ0n) is 5.71.